The number of imidazole rings is 1. The van der Waals surface area contributed by atoms with E-state index in [2.05, 4.69) is 36.2 Å². The Balaban J connectivity index is 0.000000259. The van der Waals surface area contributed by atoms with Gasteiger partial charge in [-0.3, -0.25) is 0 Å². The van der Waals surface area contributed by atoms with Gasteiger partial charge in [-0.05, 0) is 72.5 Å². The molecule has 2 aromatic carbocycles. The van der Waals surface area contributed by atoms with E-state index in [0.717, 1.165) is 0 Å². The molecule has 1 aromatic heterocycles. The normalized spacial score (nSPS) is 10.7. The zero-order valence-corrected chi connectivity index (χ0v) is 17.1. The van der Waals surface area contributed by atoms with Crippen LogP contribution >= 0.6 is 11.6 Å². The summed E-state index contributed by atoms with van der Waals surface area (Å²) in [4.78, 5) is 15.5. The Morgan fingerprint density at radius 3 is 2.43 bits per heavy atom. The lowest BCUT2D eigenvalue weighted by Crippen LogP contribution is -2.01. The number of ether oxygens (including phenoxy) is 1. The number of aromatic carboxylic acids is 1. The number of rotatable bonds is 3. The van der Waals surface area contributed by atoms with Crippen molar-refractivity contribution in [2.75, 3.05) is 0 Å². The molecule has 0 spiro atoms. The Bertz CT molecular complexity index is 1350. The molecule has 1 N–H and O–H groups in total. The minimum absolute atomic E-state index is 0.161. The molecule has 148 valence electrons. The summed E-state index contributed by atoms with van der Waals surface area (Å²) >= 11 is 5.97. The van der Waals surface area contributed by atoms with Crippen molar-refractivity contribution >= 4 is 28.6 Å². The van der Waals surface area contributed by atoms with Gasteiger partial charge in [-0.2, -0.15) is 4.98 Å². The van der Waals surface area contributed by atoms with Gasteiger partial charge in [0.05, 0.1) is 16.6 Å². The highest BCUT2D eigenvalue weighted by Crippen LogP contribution is 2.37. The first kappa shape index (κ1) is 19.6. The zero-order valence-electron chi connectivity index (χ0n) is 16.3. The molecule has 0 atom stereocenters. The number of halogens is 1. The van der Waals surface area contributed by atoms with E-state index in [4.69, 9.17) is 22.8 Å². The van der Waals surface area contributed by atoms with E-state index in [9.17, 15) is 9.90 Å². The van der Waals surface area contributed by atoms with Gasteiger partial charge >= 0.3 is 12.0 Å². The quantitative estimate of drug-likeness (QED) is 0.372. The van der Waals surface area contributed by atoms with Gasteiger partial charge in [-0.25, -0.2) is 9.36 Å². The minimum atomic E-state index is -1.02. The number of aryl methyl sites for hydroxylation is 2. The second kappa shape index (κ2) is 7.58. The van der Waals surface area contributed by atoms with Crippen LogP contribution in [-0.2, 0) is 0 Å². The van der Waals surface area contributed by atoms with Gasteiger partial charge in [0.2, 0.25) is 0 Å². The maximum absolute atomic E-state index is 11.2. The average Bonchev–Trinajstić information content (AvgIpc) is 3.31. The lowest BCUT2D eigenvalue weighted by Gasteiger charge is -2.07. The molecule has 3 aromatic rings. The van der Waals surface area contributed by atoms with Crippen molar-refractivity contribution in [2.24, 2.45) is 0 Å². The Kier molecular flexibility index (Phi) is 4.94. The van der Waals surface area contributed by atoms with Gasteiger partial charge in [0, 0.05) is 11.1 Å². The van der Waals surface area contributed by atoms with E-state index in [1.807, 2.05) is 0 Å². The molecule has 0 saturated heterocycles. The lowest BCUT2D eigenvalue weighted by molar-refractivity contribution is 0.0695. The topological polar surface area (TPSA) is 64.3 Å². The van der Waals surface area contributed by atoms with Gasteiger partial charge in [-0.15, -0.1) is 0 Å². The fraction of sp³-hybridized carbons (Fsp3) is 0.0833. The van der Waals surface area contributed by atoms with Crippen LogP contribution in [0, 0.1) is 26.3 Å². The SMILES string of the molecule is C#Cn1c(Oc2ccc(C)c(C(=O)O)c2)nc2ccc(Cl)cc21.Cc1ccc2cc1-2. The number of hydrogen-bond acceptors (Lipinski definition) is 3. The van der Waals surface area contributed by atoms with E-state index in [1.165, 1.54) is 27.3 Å². The van der Waals surface area contributed by atoms with Crippen molar-refractivity contribution in [3.8, 4) is 35.4 Å². The number of carbonyl (C=O) groups is 1. The molecule has 5 nitrogen and oxygen atoms in total. The van der Waals surface area contributed by atoms with E-state index >= 15 is 0 Å². The zero-order chi connectivity index (χ0) is 21.4. The third kappa shape index (κ3) is 3.73. The summed E-state index contributed by atoms with van der Waals surface area (Å²) in [5.41, 5.74) is 6.41. The van der Waals surface area contributed by atoms with Crippen LogP contribution in [0.2, 0.25) is 5.02 Å². The molecule has 5 rings (SSSR count). The first-order chi connectivity index (χ1) is 14.4. The largest absolute Gasteiger partial charge is 0.478 e. The number of carboxylic acid groups (broad SMARTS) is 1. The monoisotopic (exact) mass is 416 g/mol. The maximum Gasteiger partial charge on any atom is 0.336 e. The number of fused-ring (bicyclic) bond motifs is 2. The van der Waals surface area contributed by atoms with E-state index in [-0.39, 0.29) is 11.6 Å². The molecule has 0 amide bonds. The highest BCUT2D eigenvalue weighted by Gasteiger charge is 2.14. The molecule has 2 aliphatic rings. The average molecular weight is 417 g/mol. The van der Waals surface area contributed by atoms with Gasteiger partial charge in [0.25, 0.3) is 0 Å². The smallest absolute Gasteiger partial charge is 0.336 e. The fourth-order valence-corrected chi connectivity index (χ4v) is 3.29. The van der Waals surface area contributed by atoms with Crippen LogP contribution in [0.25, 0.3) is 22.2 Å². The van der Waals surface area contributed by atoms with Crippen molar-refractivity contribution in [3.63, 3.8) is 0 Å². The molecule has 0 aliphatic heterocycles. The van der Waals surface area contributed by atoms with Gasteiger partial charge in [-0.1, -0.05) is 36.2 Å². The third-order valence-corrected chi connectivity index (χ3v) is 5.06. The van der Waals surface area contributed by atoms with Crippen LogP contribution in [0.15, 0.2) is 54.6 Å². The number of aromatic nitrogens is 2. The van der Waals surface area contributed by atoms with Crippen LogP contribution in [0.3, 0.4) is 0 Å². The van der Waals surface area contributed by atoms with Gasteiger partial charge in [0.15, 0.2) is 0 Å². The number of nitrogens with zero attached hydrogens (tertiary/aromatic N) is 2. The van der Waals surface area contributed by atoms with E-state index in [1.54, 1.807) is 37.3 Å². The van der Waals surface area contributed by atoms with Crippen LogP contribution in [-0.4, -0.2) is 20.6 Å². The number of terminal acetylenes is 1. The van der Waals surface area contributed by atoms with Crippen molar-refractivity contribution in [1.29, 1.82) is 0 Å². The van der Waals surface area contributed by atoms with Crippen molar-refractivity contribution < 1.29 is 14.6 Å². The first-order valence-corrected chi connectivity index (χ1v) is 9.52. The van der Waals surface area contributed by atoms with Crippen molar-refractivity contribution in [2.45, 2.75) is 13.8 Å². The predicted molar refractivity (Wildman–Crippen MR) is 117 cm³/mol. The molecular weight excluding hydrogens is 400 g/mol. The minimum Gasteiger partial charge on any atom is -0.478 e. The molecule has 0 bridgehead atoms. The van der Waals surface area contributed by atoms with E-state index in [0.29, 0.717) is 27.4 Å². The molecule has 30 heavy (non-hydrogen) atoms. The molecular formula is C24H17ClN2O3. The molecule has 0 fully saturated rings. The predicted octanol–water partition coefficient (Wildman–Crippen LogP) is 5.90. The standard InChI is InChI=1S/C17H11ClN2O3.C7H6/c1-3-20-15-8-11(18)5-7-14(15)19-17(20)23-12-6-4-10(2)13(9-12)16(21)22;1-5-2-3-6-4-7(5)6/h1,4-9H,2H3,(H,21,22);2-4H,1H3. The molecule has 0 saturated carbocycles. The van der Waals surface area contributed by atoms with Gasteiger partial charge in [0.1, 0.15) is 5.75 Å². The summed E-state index contributed by atoms with van der Waals surface area (Å²) in [5.74, 6) is -0.684. The first-order valence-electron chi connectivity index (χ1n) is 9.15. The van der Waals surface area contributed by atoms with Crippen molar-refractivity contribution in [1.82, 2.24) is 9.55 Å². The summed E-state index contributed by atoms with van der Waals surface area (Å²) < 4.78 is 7.09. The Morgan fingerprint density at radius 2 is 1.87 bits per heavy atom. The van der Waals surface area contributed by atoms with Gasteiger partial charge < -0.3 is 9.84 Å². The van der Waals surface area contributed by atoms with E-state index < -0.39 is 5.97 Å². The molecule has 1 heterocycles. The third-order valence-electron chi connectivity index (χ3n) is 4.83. The second-order valence-corrected chi connectivity index (χ2v) is 7.34. The summed E-state index contributed by atoms with van der Waals surface area (Å²) in [5, 5.41) is 9.71. The summed E-state index contributed by atoms with van der Waals surface area (Å²) in [6.07, 6.45) is 5.52. The Morgan fingerprint density at radius 1 is 1.10 bits per heavy atom. The van der Waals surface area contributed by atoms with Crippen LogP contribution in [0.1, 0.15) is 21.5 Å². The highest BCUT2D eigenvalue weighted by atomic mass is 35.5. The fourth-order valence-electron chi connectivity index (χ4n) is 3.12. The second-order valence-electron chi connectivity index (χ2n) is 6.91. The summed E-state index contributed by atoms with van der Waals surface area (Å²) in [6.45, 7) is 3.86. The lowest BCUT2D eigenvalue weighted by atomic mass is 10.1. The van der Waals surface area contributed by atoms with Crippen LogP contribution in [0.4, 0.5) is 0 Å². The van der Waals surface area contributed by atoms with Crippen LogP contribution < -0.4 is 4.74 Å². The number of hydrogen-bond donors (Lipinski definition) is 1. The Labute approximate surface area is 178 Å². The molecule has 6 heteroatoms. The summed E-state index contributed by atoms with van der Waals surface area (Å²) in [6, 6.07) is 19.0. The molecule has 2 aliphatic carbocycles. The number of carboxylic acids is 1. The summed E-state index contributed by atoms with van der Waals surface area (Å²) in [7, 11) is 0. The number of benzene rings is 3. The van der Waals surface area contributed by atoms with Crippen molar-refractivity contribution in [3.05, 3.63) is 76.3 Å². The van der Waals surface area contributed by atoms with Crippen LogP contribution in [0.5, 0.6) is 11.8 Å². The maximum atomic E-state index is 11.2. The molecule has 0 unspecified atom stereocenters. The highest BCUT2D eigenvalue weighted by molar-refractivity contribution is 6.31. The molecule has 0 radical (unpaired) electrons. The Hall–Kier alpha value is -3.75.